The number of hydrogen-bond donors (Lipinski definition) is 1. The van der Waals surface area contributed by atoms with Gasteiger partial charge in [0.2, 0.25) is 0 Å². The molecule has 268 valence electrons. The van der Waals surface area contributed by atoms with E-state index in [1.54, 1.807) is 11.8 Å². The van der Waals surface area contributed by atoms with Gasteiger partial charge < -0.3 is 24.4 Å². The molecule has 0 spiro atoms. The number of ketones is 1. The predicted molar refractivity (Wildman–Crippen MR) is 164 cm³/mol. The van der Waals surface area contributed by atoms with Crippen molar-refractivity contribution in [3.05, 3.63) is 64.0 Å². The summed E-state index contributed by atoms with van der Waals surface area (Å²) >= 11 is 0. The van der Waals surface area contributed by atoms with E-state index in [4.69, 9.17) is 9.47 Å². The van der Waals surface area contributed by atoms with Crippen LogP contribution in [0.25, 0.3) is 0 Å². The SMILES string of the molecule is CCOC(=O)C1CCN(c2c(F)cc3c(c2OC)C(C(C)C(F)(F)F)CCC=C(C(=O)NCc2ccc(OC(F)(F)F)cc2C)C3=O)CC1. The van der Waals surface area contributed by atoms with Crippen LogP contribution in [0.4, 0.5) is 36.4 Å². The molecule has 8 nitrogen and oxygen atoms in total. The quantitative estimate of drug-likeness (QED) is 0.166. The third-order valence-electron chi connectivity index (χ3n) is 8.92. The number of nitrogens with zero attached hydrogens (tertiary/aromatic N) is 1. The Kier molecular flexibility index (Phi) is 11.5. The van der Waals surface area contributed by atoms with Crippen molar-refractivity contribution in [3.8, 4) is 11.5 Å². The lowest BCUT2D eigenvalue weighted by Gasteiger charge is -2.36. The average Bonchev–Trinajstić information content (AvgIpc) is 3.02. The van der Waals surface area contributed by atoms with Crippen LogP contribution in [0, 0.1) is 24.6 Å². The molecule has 1 amide bonds. The van der Waals surface area contributed by atoms with Gasteiger partial charge in [-0.15, -0.1) is 13.2 Å². The number of carbonyl (C=O) groups excluding carboxylic acids is 3. The van der Waals surface area contributed by atoms with Gasteiger partial charge in [0.25, 0.3) is 5.91 Å². The van der Waals surface area contributed by atoms with Crippen LogP contribution in [-0.2, 0) is 20.9 Å². The fraction of sp³-hybridized carbons (Fsp3) is 0.500. The van der Waals surface area contributed by atoms with E-state index < -0.39 is 70.7 Å². The van der Waals surface area contributed by atoms with Gasteiger partial charge in [0.15, 0.2) is 11.6 Å². The Morgan fingerprint density at radius 2 is 1.73 bits per heavy atom. The van der Waals surface area contributed by atoms with E-state index in [1.807, 2.05) is 0 Å². The summed E-state index contributed by atoms with van der Waals surface area (Å²) in [4.78, 5) is 41.2. The van der Waals surface area contributed by atoms with Crippen LogP contribution in [0.5, 0.6) is 11.5 Å². The highest BCUT2D eigenvalue weighted by Crippen LogP contribution is 2.50. The van der Waals surface area contributed by atoms with Crippen molar-refractivity contribution in [1.82, 2.24) is 5.32 Å². The standard InChI is InChI=1S/C34H37F7N2O6/c1-5-48-32(46)20-11-13-43(14-12-20)28-26(35)16-25-27(30(28)47-4)23(19(3)33(36,37)38)7-6-8-24(29(25)44)31(45)42-17-21-9-10-22(15-18(21)2)49-34(39,40)41/h8-10,15-16,19-20,23H,5-7,11-14,17H2,1-4H3,(H,42,45). The molecule has 2 unspecified atom stereocenters. The van der Waals surface area contributed by atoms with Crippen molar-refractivity contribution >= 4 is 23.3 Å². The van der Waals surface area contributed by atoms with Crippen molar-refractivity contribution in [1.29, 1.82) is 0 Å². The molecule has 0 saturated carbocycles. The Morgan fingerprint density at radius 1 is 1.06 bits per heavy atom. The minimum atomic E-state index is -4.90. The molecule has 1 N–H and O–H groups in total. The van der Waals surface area contributed by atoms with Crippen LogP contribution in [0.1, 0.15) is 72.5 Å². The molecule has 2 aromatic carbocycles. The molecule has 49 heavy (non-hydrogen) atoms. The van der Waals surface area contributed by atoms with Crippen LogP contribution >= 0.6 is 0 Å². The van der Waals surface area contributed by atoms with Crippen molar-refractivity contribution in [2.75, 3.05) is 31.7 Å². The number of anilines is 1. The molecule has 1 heterocycles. The van der Waals surface area contributed by atoms with Gasteiger partial charge in [-0.1, -0.05) is 19.1 Å². The van der Waals surface area contributed by atoms with Gasteiger partial charge in [0.05, 0.1) is 31.1 Å². The number of esters is 1. The lowest BCUT2D eigenvalue weighted by atomic mass is 9.76. The number of benzene rings is 2. The lowest BCUT2D eigenvalue weighted by molar-refractivity contribution is -0.274. The zero-order valence-electron chi connectivity index (χ0n) is 27.3. The molecule has 0 aromatic heterocycles. The monoisotopic (exact) mass is 702 g/mol. The summed E-state index contributed by atoms with van der Waals surface area (Å²) in [6.07, 6.45) is -8.06. The van der Waals surface area contributed by atoms with Crippen LogP contribution in [0.15, 0.2) is 35.9 Å². The van der Waals surface area contributed by atoms with E-state index in [0.717, 1.165) is 25.1 Å². The molecule has 1 aliphatic heterocycles. The molecule has 4 rings (SSSR count). The van der Waals surface area contributed by atoms with E-state index in [2.05, 4.69) is 10.1 Å². The topological polar surface area (TPSA) is 94.2 Å². The number of halogens is 7. The van der Waals surface area contributed by atoms with E-state index in [1.165, 1.54) is 26.2 Å². The maximum Gasteiger partial charge on any atom is 0.573 e. The minimum absolute atomic E-state index is 0.109. The Labute approximate surface area is 278 Å². The summed E-state index contributed by atoms with van der Waals surface area (Å²) in [7, 11) is 1.17. The number of nitrogens with one attached hydrogen (secondary N) is 1. The minimum Gasteiger partial charge on any atom is -0.494 e. The molecule has 1 saturated heterocycles. The van der Waals surface area contributed by atoms with Crippen molar-refractivity contribution in [2.45, 2.75) is 71.5 Å². The highest BCUT2D eigenvalue weighted by molar-refractivity contribution is 6.26. The fourth-order valence-corrected chi connectivity index (χ4v) is 6.34. The van der Waals surface area contributed by atoms with Gasteiger partial charge >= 0.3 is 18.5 Å². The number of aryl methyl sites for hydroxylation is 1. The van der Waals surface area contributed by atoms with E-state index in [9.17, 15) is 40.7 Å². The Morgan fingerprint density at radius 3 is 2.31 bits per heavy atom. The van der Waals surface area contributed by atoms with Gasteiger partial charge in [-0.2, -0.15) is 13.2 Å². The first kappa shape index (κ1) is 37.5. The van der Waals surface area contributed by atoms with Gasteiger partial charge in [0, 0.05) is 30.8 Å². The average molecular weight is 703 g/mol. The maximum absolute atomic E-state index is 16.0. The third kappa shape index (κ3) is 8.66. The smallest absolute Gasteiger partial charge is 0.494 e. The summed E-state index contributed by atoms with van der Waals surface area (Å²) in [5.41, 5.74) is -0.439. The van der Waals surface area contributed by atoms with E-state index >= 15 is 4.39 Å². The fourth-order valence-electron chi connectivity index (χ4n) is 6.34. The van der Waals surface area contributed by atoms with E-state index in [0.29, 0.717) is 24.0 Å². The van der Waals surface area contributed by atoms with Crippen molar-refractivity contribution < 1.29 is 59.3 Å². The Balaban J connectivity index is 1.69. The second kappa shape index (κ2) is 15.1. The molecule has 1 aliphatic carbocycles. The number of amides is 1. The maximum atomic E-state index is 16.0. The number of alkyl halides is 6. The van der Waals surface area contributed by atoms with Crippen molar-refractivity contribution in [2.24, 2.45) is 11.8 Å². The molecular weight excluding hydrogens is 665 g/mol. The molecule has 1 fully saturated rings. The van der Waals surface area contributed by atoms with Gasteiger partial charge in [-0.3, -0.25) is 14.4 Å². The normalized spacial score (nSPS) is 18.1. The third-order valence-corrected chi connectivity index (χ3v) is 8.92. The number of methoxy groups -OCH3 is 1. The molecule has 2 aromatic rings. The molecule has 2 atom stereocenters. The van der Waals surface area contributed by atoms with Crippen molar-refractivity contribution in [3.63, 3.8) is 0 Å². The van der Waals surface area contributed by atoms with Gasteiger partial charge in [-0.05, 0) is 74.8 Å². The van der Waals surface area contributed by atoms with E-state index in [-0.39, 0.29) is 56.1 Å². The predicted octanol–water partition coefficient (Wildman–Crippen LogP) is 7.32. The summed E-state index contributed by atoms with van der Waals surface area (Å²) in [6.45, 7) is 4.46. The number of allylic oxidation sites excluding steroid dienone is 1. The molecule has 2 aliphatic rings. The number of ether oxygens (including phenoxy) is 3. The number of Topliss-reactive ketones (excluding diaryl/α,β-unsaturated/α-hetero) is 1. The van der Waals surface area contributed by atoms with Gasteiger partial charge in [-0.25, -0.2) is 4.39 Å². The zero-order valence-corrected chi connectivity index (χ0v) is 27.3. The van der Waals surface area contributed by atoms with Crippen LogP contribution in [0.3, 0.4) is 0 Å². The molecule has 15 heteroatoms. The van der Waals surface area contributed by atoms with Crippen LogP contribution in [0.2, 0.25) is 0 Å². The summed E-state index contributed by atoms with van der Waals surface area (Å²) in [5, 5.41) is 2.53. The number of rotatable bonds is 9. The highest BCUT2D eigenvalue weighted by atomic mass is 19.4. The number of hydrogen-bond acceptors (Lipinski definition) is 7. The van der Waals surface area contributed by atoms with Crippen LogP contribution < -0.4 is 19.7 Å². The Bertz CT molecular complexity index is 1600. The number of carbonyl (C=O) groups is 3. The van der Waals surface area contributed by atoms with Crippen LogP contribution in [-0.4, -0.2) is 57.0 Å². The highest BCUT2D eigenvalue weighted by Gasteiger charge is 2.45. The summed E-state index contributed by atoms with van der Waals surface area (Å²) in [5.74, 6) is -7.72. The largest absolute Gasteiger partial charge is 0.573 e. The Hall–Kier alpha value is -4.30. The second-order valence-corrected chi connectivity index (χ2v) is 12.0. The molecular formula is C34H37F7N2O6. The van der Waals surface area contributed by atoms with Gasteiger partial charge in [0.1, 0.15) is 17.2 Å². The first-order valence-electron chi connectivity index (χ1n) is 15.7. The first-order chi connectivity index (χ1) is 23.0. The zero-order chi connectivity index (χ0) is 36.3. The second-order valence-electron chi connectivity index (χ2n) is 12.0. The molecule has 0 radical (unpaired) electrons. The first-order valence-corrected chi connectivity index (χ1v) is 15.7. The number of fused-ring (bicyclic) bond motifs is 1. The summed E-state index contributed by atoms with van der Waals surface area (Å²) < 4.78 is 111. The number of piperidine rings is 1. The molecule has 0 bridgehead atoms. The summed E-state index contributed by atoms with van der Waals surface area (Å²) in [6, 6.07) is 4.32. The lowest BCUT2D eigenvalue weighted by Crippen LogP contribution is -2.38.